The van der Waals surface area contributed by atoms with Crippen molar-refractivity contribution in [2.24, 2.45) is 5.73 Å². The zero-order valence-electron chi connectivity index (χ0n) is 16.0. The standard InChI is InChI=1S/C22H24FN3O2/c1-14(2)15-3-5-16(6-4-15)20(24)12-25-21(27)11-19-13-28-22(26-19)17-7-9-18(23)10-8-17/h3-10,13-14,20H,11-12,24H2,1-2H3,(H,25,27). The zero-order valence-corrected chi connectivity index (χ0v) is 16.0. The van der Waals surface area contributed by atoms with Crippen LogP contribution in [0.4, 0.5) is 4.39 Å². The van der Waals surface area contributed by atoms with Crippen LogP contribution in [0.2, 0.25) is 0 Å². The molecule has 28 heavy (non-hydrogen) atoms. The Bertz CT molecular complexity index is 918. The Hall–Kier alpha value is -2.99. The van der Waals surface area contributed by atoms with Gasteiger partial charge in [0.15, 0.2) is 0 Å². The maximum atomic E-state index is 13.0. The van der Waals surface area contributed by atoms with Gasteiger partial charge in [-0.15, -0.1) is 0 Å². The first-order valence-corrected chi connectivity index (χ1v) is 9.25. The summed E-state index contributed by atoms with van der Waals surface area (Å²) >= 11 is 0. The van der Waals surface area contributed by atoms with Gasteiger partial charge in [0.25, 0.3) is 0 Å². The van der Waals surface area contributed by atoms with Crippen LogP contribution >= 0.6 is 0 Å². The Morgan fingerprint density at radius 3 is 2.39 bits per heavy atom. The molecule has 0 spiro atoms. The summed E-state index contributed by atoms with van der Waals surface area (Å²) < 4.78 is 18.4. The van der Waals surface area contributed by atoms with Crippen molar-refractivity contribution >= 4 is 5.91 Å². The van der Waals surface area contributed by atoms with Gasteiger partial charge >= 0.3 is 0 Å². The van der Waals surface area contributed by atoms with Crippen molar-refractivity contribution in [1.82, 2.24) is 10.3 Å². The SMILES string of the molecule is CC(C)c1ccc(C(N)CNC(=O)Cc2coc(-c3ccc(F)cc3)n2)cc1. The molecule has 1 aromatic heterocycles. The molecule has 146 valence electrons. The zero-order chi connectivity index (χ0) is 20.1. The third-order valence-electron chi connectivity index (χ3n) is 4.54. The number of rotatable bonds is 7. The minimum Gasteiger partial charge on any atom is -0.444 e. The molecule has 0 bridgehead atoms. The molecule has 1 heterocycles. The minimum absolute atomic E-state index is 0.0870. The summed E-state index contributed by atoms with van der Waals surface area (Å²) in [7, 11) is 0. The molecule has 3 aromatic rings. The molecular formula is C22H24FN3O2. The molecule has 3 N–H and O–H groups in total. The fourth-order valence-electron chi connectivity index (χ4n) is 2.81. The average Bonchev–Trinajstić information content (AvgIpc) is 3.15. The van der Waals surface area contributed by atoms with Crippen LogP contribution in [0, 0.1) is 5.82 Å². The van der Waals surface area contributed by atoms with Crippen LogP contribution in [0.25, 0.3) is 11.5 Å². The highest BCUT2D eigenvalue weighted by molar-refractivity contribution is 5.78. The van der Waals surface area contributed by atoms with E-state index >= 15 is 0 Å². The topological polar surface area (TPSA) is 81.1 Å². The summed E-state index contributed by atoms with van der Waals surface area (Å²) in [6.07, 6.45) is 1.52. The molecule has 1 atom stereocenters. The summed E-state index contributed by atoms with van der Waals surface area (Å²) in [5.41, 5.74) is 9.56. The highest BCUT2D eigenvalue weighted by Crippen LogP contribution is 2.19. The predicted molar refractivity (Wildman–Crippen MR) is 106 cm³/mol. The van der Waals surface area contributed by atoms with E-state index in [1.165, 1.54) is 24.0 Å². The van der Waals surface area contributed by atoms with Crippen LogP contribution in [-0.4, -0.2) is 17.4 Å². The number of nitrogens with zero attached hydrogens (tertiary/aromatic N) is 1. The van der Waals surface area contributed by atoms with Crippen molar-refractivity contribution in [3.8, 4) is 11.5 Å². The summed E-state index contributed by atoms with van der Waals surface area (Å²) in [6, 6.07) is 13.7. The third kappa shape index (κ3) is 5.04. The average molecular weight is 381 g/mol. The molecule has 0 fully saturated rings. The number of halogens is 1. The molecule has 0 aliphatic rings. The number of amides is 1. The first kappa shape index (κ1) is 19.8. The quantitative estimate of drug-likeness (QED) is 0.649. The van der Waals surface area contributed by atoms with Crippen LogP contribution in [0.3, 0.4) is 0 Å². The van der Waals surface area contributed by atoms with E-state index in [1.807, 2.05) is 12.1 Å². The fourth-order valence-corrected chi connectivity index (χ4v) is 2.81. The minimum atomic E-state index is -0.329. The molecule has 3 rings (SSSR count). The van der Waals surface area contributed by atoms with Crippen molar-refractivity contribution in [2.75, 3.05) is 6.54 Å². The second-order valence-corrected chi connectivity index (χ2v) is 7.06. The molecule has 2 aromatic carbocycles. The molecule has 0 aliphatic carbocycles. The first-order valence-electron chi connectivity index (χ1n) is 9.25. The number of carbonyl (C=O) groups excluding carboxylic acids is 1. The van der Waals surface area contributed by atoms with E-state index in [-0.39, 0.29) is 24.2 Å². The van der Waals surface area contributed by atoms with Crippen molar-refractivity contribution in [2.45, 2.75) is 32.2 Å². The van der Waals surface area contributed by atoms with Gasteiger partial charge < -0.3 is 15.5 Å². The van der Waals surface area contributed by atoms with Crippen molar-refractivity contribution in [1.29, 1.82) is 0 Å². The Balaban J connectivity index is 1.52. The van der Waals surface area contributed by atoms with Crippen LogP contribution in [-0.2, 0) is 11.2 Å². The van der Waals surface area contributed by atoms with Crippen molar-refractivity contribution in [3.05, 3.63) is 77.4 Å². The Labute approximate surface area is 163 Å². The van der Waals surface area contributed by atoms with Gasteiger partial charge in [0.05, 0.1) is 12.1 Å². The number of hydrogen-bond donors (Lipinski definition) is 2. The lowest BCUT2D eigenvalue weighted by molar-refractivity contribution is -0.120. The van der Waals surface area contributed by atoms with Crippen molar-refractivity contribution < 1.29 is 13.6 Å². The Morgan fingerprint density at radius 2 is 1.75 bits per heavy atom. The second-order valence-electron chi connectivity index (χ2n) is 7.06. The van der Waals surface area contributed by atoms with Crippen LogP contribution in [0.15, 0.2) is 59.2 Å². The van der Waals surface area contributed by atoms with Gasteiger partial charge in [-0.3, -0.25) is 4.79 Å². The second kappa shape index (κ2) is 8.80. The number of nitrogens with one attached hydrogen (secondary N) is 1. The highest BCUT2D eigenvalue weighted by atomic mass is 19.1. The lowest BCUT2D eigenvalue weighted by atomic mass is 9.99. The molecule has 1 amide bonds. The van der Waals surface area contributed by atoms with Gasteiger partial charge in [0, 0.05) is 18.2 Å². The molecule has 0 saturated heterocycles. The summed E-state index contributed by atoms with van der Waals surface area (Å²) in [4.78, 5) is 16.5. The number of nitrogens with two attached hydrogens (primary N) is 1. The number of oxazole rings is 1. The smallest absolute Gasteiger partial charge is 0.226 e. The normalized spacial score (nSPS) is 12.2. The summed E-state index contributed by atoms with van der Waals surface area (Å²) in [5.74, 6) is 0.301. The number of aromatic nitrogens is 1. The van der Waals surface area contributed by atoms with E-state index in [2.05, 4.69) is 36.3 Å². The van der Waals surface area contributed by atoms with Gasteiger partial charge in [-0.1, -0.05) is 38.1 Å². The largest absolute Gasteiger partial charge is 0.444 e. The molecule has 0 radical (unpaired) electrons. The van der Waals surface area contributed by atoms with E-state index in [4.69, 9.17) is 10.2 Å². The number of benzene rings is 2. The van der Waals surface area contributed by atoms with Crippen LogP contribution in [0.5, 0.6) is 0 Å². The van der Waals surface area contributed by atoms with E-state index < -0.39 is 0 Å². The molecule has 6 heteroatoms. The maximum absolute atomic E-state index is 13.0. The molecule has 5 nitrogen and oxygen atoms in total. The summed E-state index contributed by atoms with van der Waals surface area (Å²) in [5, 5.41) is 2.83. The van der Waals surface area contributed by atoms with E-state index in [1.54, 1.807) is 12.1 Å². The molecular weight excluding hydrogens is 357 g/mol. The van der Waals surface area contributed by atoms with Gasteiger partial charge in [0.2, 0.25) is 11.8 Å². The van der Waals surface area contributed by atoms with Gasteiger partial charge in [-0.2, -0.15) is 0 Å². The van der Waals surface area contributed by atoms with Crippen molar-refractivity contribution in [3.63, 3.8) is 0 Å². The first-order chi connectivity index (χ1) is 13.4. The Morgan fingerprint density at radius 1 is 1.11 bits per heavy atom. The third-order valence-corrected chi connectivity index (χ3v) is 4.54. The van der Waals surface area contributed by atoms with Crippen LogP contribution < -0.4 is 11.1 Å². The Kier molecular flexibility index (Phi) is 6.21. The molecule has 0 aliphatic heterocycles. The summed E-state index contributed by atoms with van der Waals surface area (Å²) in [6.45, 7) is 4.61. The fraction of sp³-hybridized carbons (Fsp3) is 0.273. The number of carbonyl (C=O) groups is 1. The highest BCUT2D eigenvalue weighted by Gasteiger charge is 2.13. The van der Waals surface area contributed by atoms with E-state index in [9.17, 15) is 9.18 Å². The monoisotopic (exact) mass is 381 g/mol. The van der Waals surface area contributed by atoms with E-state index in [0.717, 1.165) is 5.56 Å². The van der Waals surface area contributed by atoms with Gasteiger partial charge in [0.1, 0.15) is 12.1 Å². The molecule has 0 saturated carbocycles. The van der Waals surface area contributed by atoms with E-state index in [0.29, 0.717) is 29.6 Å². The maximum Gasteiger partial charge on any atom is 0.226 e. The predicted octanol–water partition coefficient (Wildman–Crippen LogP) is 3.96. The van der Waals surface area contributed by atoms with Crippen LogP contribution in [0.1, 0.15) is 42.6 Å². The lowest BCUT2D eigenvalue weighted by Crippen LogP contribution is -2.32. The molecule has 1 unspecified atom stereocenters. The lowest BCUT2D eigenvalue weighted by Gasteiger charge is -2.14. The van der Waals surface area contributed by atoms with Gasteiger partial charge in [-0.05, 0) is 41.3 Å². The van der Waals surface area contributed by atoms with Gasteiger partial charge in [-0.25, -0.2) is 9.37 Å². The number of hydrogen-bond acceptors (Lipinski definition) is 4.